The largest absolute Gasteiger partial charge is 0.488 e. The number of piperidine rings is 1. The SMILES string of the molecule is [2H]c1c([2H])c(COc2cccc3c2CN([C@@]2([2H])CCC(=O)NC2=O)C3=O)c(F)c([2H])c1CN1CCOCC1. The normalized spacial score (nSPS) is 24.7. The number of hydrogen-bond donors (Lipinski definition) is 1. The number of nitrogens with zero attached hydrogens (tertiary/aromatic N) is 2. The van der Waals surface area contributed by atoms with Crippen LogP contribution in [0.1, 0.15) is 45.4 Å². The maximum Gasteiger partial charge on any atom is 0.255 e. The van der Waals surface area contributed by atoms with E-state index in [1.807, 2.05) is 4.90 Å². The predicted octanol–water partition coefficient (Wildman–Crippen LogP) is 2.00. The van der Waals surface area contributed by atoms with Gasteiger partial charge in [0.05, 0.1) is 25.2 Å². The van der Waals surface area contributed by atoms with Gasteiger partial charge in [0.15, 0.2) is 0 Å². The van der Waals surface area contributed by atoms with Crippen molar-refractivity contribution in [2.24, 2.45) is 0 Å². The number of halogens is 1. The molecule has 5 rings (SSSR count). The second-order valence-electron chi connectivity index (χ2n) is 8.32. The van der Waals surface area contributed by atoms with Gasteiger partial charge < -0.3 is 14.4 Å². The molecule has 34 heavy (non-hydrogen) atoms. The van der Waals surface area contributed by atoms with Gasteiger partial charge >= 0.3 is 0 Å². The summed E-state index contributed by atoms with van der Waals surface area (Å²) >= 11 is 0. The molecule has 0 radical (unpaired) electrons. The lowest BCUT2D eigenvalue weighted by molar-refractivity contribution is -0.136. The molecule has 3 heterocycles. The number of carbonyl (C=O) groups is 3. The summed E-state index contributed by atoms with van der Waals surface area (Å²) < 4.78 is 60.0. The topological polar surface area (TPSA) is 88.2 Å². The average Bonchev–Trinajstić information content (AvgIpc) is 3.26. The zero-order valence-corrected chi connectivity index (χ0v) is 18.4. The van der Waals surface area contributed by atoms with Gasteiger partial charge in [0, 0.05) is 42.7 Å². The van der Waals surface area contributed by atoms with Crippen molar-refractivity contribution in [1.82, 2.24) is 15.1 Å². The van der Waals surface area contributed by atoms with Gasteiger partial charge in [-0.3, -0.25) is 24.6 Å². The maximum atomic E-state index is 15.3. The van der Waals surface area contributed by atoms with Crippen LogP contribution in [-0.2, 0) is 34.0 Å². The molecule has 3 aliphatic heterocycles. The highest BCUT2D eigenvalue weighted by molar-refractivity contribution is 6.05. The van der Waals surface area contributed by atoms with Gasteiger partial charge in [-0.1, -0.05) is 18.2 Å². The molecule has 178 valence electrons. The minimum Gasteiger partial charge on any atom is -0.488 e. The Balaban J connectivity index is 1.37. The van der Waals surface area contributed by atoms with Crippen LogP contribution in [0.5, 0.6) is 5.75 Å². The predicted molar refractivity (Wildman–Crippen MR) is 119 cm³/mol. The summed E-state index contributed by atoms with van der Waals surface area (Å²) in [6, 6.07) is 1.60. The number of benzene rings is 2. The number of imide groups is 1. The molecule has 2 saturated heterocycles. The Labute approximate surface area is 202 Å². The van der Waals surface area contributed by atoms with Crippen molar-refractivity contribution in [2.75, 3.05) is 26.3 Å². The zero-order chi connectivity index (χ0) is 27.2. The minimum atomic E-state index is -1.96. The van der Waals surface area contributed by atoms with Gasteiger partial charge in [-0.05, 0) is 30.2 Å². The van der Waals surface area contributed by atoms with Crippen LogP contribution in [-0.4, -0.2) is 59.8 Å². The number of rotatable bonds is 6. The van der Waals surface area contributed by atoms with Crippen molar-refractivity contribution >= 4 is 17.7 Å². The Kier molecular flexibility index (Phi) is 5.06. The molecule has 0 unspecified atom stereocenters. The van der Waals surface area contributed by atoms with E-state index in [0.29, 0.717) is 31.9 Å². The molecule has 0 bridgehead atoms. The standard InChI is InChI=1S/C25H26FN3O5/c26-20-12-16(13-28-8-10-33-11-9-28)4-5-17(20)15-34-22-3-1-2-18-19(22)14-29(25(18)32)21-6-7-23(30)27-24(21)31/h1-5,12,21H,6-11,13-15H2,(H,27,30,31)/t21-/m0/s1/i4D,5D,12D,21D. The van der Waals surface area contributed by atoms with Crippen LogP contribution >= 0.6 is 0 Å². The van der Waals surface area contributed by atoms with E-state index in [1.54, 1.807) is 12.1 Å². The van der Waals surface area contributed by atoms with Gasteiger partial charge in [-0.2, -0.15) is 0 Å². The van der Waals surface area contributed by atoms with Gasteiger partial charge in [-0.15, -0.1) is 0 Å². The summed E-state index contributed by atoms with van der Waals surface area (Å²) in [7, 11) is 0. The monoisotopic (exact) mass is 471 g/mol. The molecule has 0 aliphatic carbocycles. The van der Waals surface area contributed by atoms with E-state index in [4.69, 9.17) is 15.0 Å². The van der Waals surface area contributed by atoms with Crippen molar-refractivity contribution in [1.29, 1.82) is 0 Å². The number of fused-ring (bicyclic) bond motifs is 1. The molecule has 2 fully saturated rings. The summed E-state index contributed by atoms with van der Waals surface area (Å²) in [6.07, 6.45) is -0.215. The molecule has 3 aliphatic rings. The van der Waals surface area contributed by atoms with E-state index >= 15 is 4.39 Å². The van der Waals surface area contributed by atoms with E-state index in [-0.39, 0.29) is 60.5 Å². The van der Waals surface area contributed by atoms with Crippen LogP contribution in [0.3, 0.4) is 0 Å². The first-order valence-electron chi connectivity index (χ1n) is 13.1. The number of carbonyl (C=O) groups excluding carboxylic acids is 3. The first-order valence-corrected chi connectivity index (χ1v) is 11.1. The van der Waals surface area contributed by atoms with Gasteiger partial charge in [-0.25, -0.2) is 4.39 Å². The van der Waals surface area contributed by atoms with Gasteiger partial charge in [0.2, 0.25) is 11.8 Å². The van der Waals surface area contributed by atoms with Crippen LogP contribution in [0.2, 0.25) is 0 Å². The van der Waals surface area contributed by atoms with Gasteiger partial charge in [0.25, 0.3) is 5.91 Å². The fourth-order valence-corrected chi connectivity index (χ4v) is 4.28. The first kappa shape index (κ1) is 18.1. The van der Waals surface area contributed by atoms with Crippen LogP contribution in [0.15, 0.2) is 36.3 Å². The summed E-state index contributed by atoms with van der Waals surface area (Å²) in [4.78, 5) is 40.1. The lowest BCUT2D eigenvalue weighted by Gasteiger charge is -2.29. The highest BCUT2D eigenvalue weighted by Gasteiger charge is 2.40. The molecular formula is C25H26FN3O5. The van der Waals surface area contributed by atoms with E-state index in [0.717, 1.165) is 4.90 Å². The molecule has 1 N–H and O–H groups in total. The third kappa shape index (κ3) is 4.53. The Bertz CT molecular complexity index is 1310. The number of hydrogen-bond acceptors (Lipinski definition) is 6. The molecule has 2 aromatic carbocycles. The summed E-state index contributed by atoms with van der Waals surface area (Å²) in [5, 5.41) is 2.11. The van der Waals surface area contributed by atoms with E-state index in [2.05, 4.69) is 5.32 Å². The van der Waals surface area contributed by atoms with Crippen LogP contribution < -0.4 is 10.1 Å². The number of ether oxygens (including phenoxy) is 2. The Morgan fingerprint density at radius 3 is 2.85 bits per heavy atom. The summed E-state index contributed by atoms with van der Waals surface area (Å²) in [5.41, 5.74) is 0.493. The van der Waals surface area contributed by atoms with Crippen molar-refractivity contribution in [3.8, 4) is 5.75 Å². The first-order chi connectivity index (χ1) is 18.1. The smallest absolute Gasteiger partial charge is 0.255 e. The summed E-state index contributed by atoms with van der Waals surface area (Å²) in [6.45, 7) is 1.78. The van der Waals surface area contributed by atoms with E-state index in [9.17, 15) is 14.4 Å². The lowest BCUT2D eigenvalue weighted by Crippen LogP contribution is -2.52. The average molecular weight is 472 g/mol. The zero-order valence-electron chi connectivity index (χ0n) is 22.4. The molecule has 0 spiro atoms. The lowest BCUT2D eigenvalue weighted by atomic mass is 10.0. The van der Waals surface area contributed by atoms with Crippen LogP contribution in [0.4, 0.5) is 4.39 Å². The highest BCUT2D eigenvalue weighted by atomic mass is 19.1. The molecule has 0 aromatic heterocycles. The van der Waals surface area contributed by atoms with Crippen molar-refractivity contribution in [3.63, 3.8) is 0 Å². The molecule has 3 amide bonds. The third-order valence-corrected chi connectivity index (χ3v) is 6.10. The Hall–Kier alpha value is -3.30. The number of nitrogens with one attached hydrogen (secondary N) is 1. The fourth-order valence-electron chi connectivity index (χ4n) is 4.28. The van der Waals surface area contributed by atoms with Crippen LogP contribution in [0.25, 0.3) is 0 Å². The fraction of sp³-hybridized carbons (Fsp3) is 0.400. The van der Waals surface area contributed by atoms with Crippen molar-refractivity contribution in [2.45, 2.75) is 38.6 Å². The third-order valence-electron chi connectivity index (χ3n) is 6.10. The second kappa shape index (κ2) is 9.52. The number of amides is 3. The van der Waals surface area contributed by atoms with Crippen molar-refractivity contribution < 1.29 is 33.7 Å². The molecular weight excluding hydrogens is 441 g/mol. The van der Waals surface area contributed by atoms with Crippen LogP contribution in [0, 0.1) is 5.82 Å². The highest BCUT2D eigenvalue weighted by Crippen LogP contribution is 2.34. The number of morpholine rings is 1. The summed E-state index contributed by atoms with van der Waals surface area (Å²) in [5.74, 6) is -2.68. The molecule has 9 heteroatoms. The quantitative estimate of drug-likeness (QED) is 0.649. The molecule has 8 nitrogen and oxygen atoms in total. The Morgan fingerprint density at radius 1 is 1.24 bits per heavy atom. The van der Waals surface area contributed by atoms with E-state index < -0.39 is 42.2 Å². The minimum absolute atomic E-state index is 0.0727. The molecule has 2 aromatic rings. The molecule has 0 saturated carbocycles. The van der Waals surface area contributed by atoms with Gasteiger partial charge in [0.1, 0.15) is 24.2 Å². The van der Waals surface area contributed by atoms with E-state index in [1.165, 1.54) is 6.07 Å². The maximum absolute atomic E-state index is 15.3. The van der Waals surface area contributed by atoms with Crippen molar-refractivity contribution in [3.05, 3.63) is 64.4 Å². The molecule has 1 atom stereocenters. The second-order valence-corrected chi connectivity index (χ2v) is 8.32. The Morgan fingerprint density at radius 2 is 2.06 bits per heavy atom.